The van der Waals surface area contributed by atoms with Gasteiger partial charge in [0.15, 0.2) is 0 Å². The Bertz CT molecular complexity index is 825. The van der Waals surface area contributed by atoms with Crippen molar-refractivity contribution in [3.8, 4) is 5.75 Å². The third kappa shape index (κ3) is 11.8. The third-order valence-corrected chi connectivity index (χ3v) is 4.98. The van der Waals surface area contributed by atoms with E-state index in [2.05, 4.69) is 16.0 Å². The van der Waals surface area contributed by atoms with Crippen LogP contribution >= 0.6 is 11.8 Å². The number of hydrogen-bond donors (Lipinski definition) is 4. The summed E-state index contributed by atoms with van der Waals surface area (Å²) in [5.74, 6) is -1.05. The number of carbonyl (C=O) groups excluding carboxylic acids is 4. The highest BCUT2D eigenvalue weighted by Gasteiger charge is 2.28. The summed E-state index contributed by atoms with van der Waals surface area (Å²) in [6.07, 6.45) is 1.51. The number of esters is 1. The molecule has 4 N–H and O–H groups in total. The van der Waals surface area contributed by atoms with E-state index >= 15 is 0 Å². The number of hydrogen-bond acceptors (Lipinski definition) is 8. The quantitative estimate of drug-likeness (QED) is 0.320. The lowest BCUT2D eigenvalue weighted by Gasteiger charge is -2.25. The normalized spacial score (nSPS) is 12.7. The van der Waals surface area contributed by atoms with Crippen LogP contribution < -0.4 is 16.0 Å². The van der Waals surface area contributed by atoms with E-state index in [1.165, 1.54) is 23.9 Å². The maximum atomic E-state index is 13.1. The first kappa shape index (κ1) is 29.1. The highest BCUT2D eigenvalue weighted by molar-refractivity contribution is 7.98. The molecular weight excluding hydrogens is 462 g/mol. The van der Waals surface area contributed by atoms with Gasteiger partial charge in [0.25, 0.3) is 0 Å². The van der Waals surface area contributed by atoms with Crippen molar-refractivity contribution >= 4 is 35.6 Å². The van der Waals surface area contributed by atoms with Gasteiger partial charge in [0, 0.05) is 6.42 Å². The zero-order chi connectivity index (χ0) is 25.7. The summed E-state index contributed by atoms with van der Waals surface area (Å²) in [4.78, 5) is 49.7. The van der Waals surface area contributed by atoms with E-state index in [0.717, 1.165) is 0 Å². The average Bonchev–Trinajstić information content (AvgIpc) is 2.74. The molecule has 10 nitrogen and oxygen atoms in total. The molecule has 34 heavy (non-hydrogen) atoms. The van der Waals surface area contributed by atoms with Gasteiger partial charge in [-0.15, -0.1) is 0 Å². The van der Waals surface area contributed by atoms with Crippen LogP contribution in [-0.2, 0) is 30.3 Å². The standard InChI is InChI=1S/C23H35N3O7S/c1-6-32-19(28)14-24-20(29)17(11-12-34-5)25-21(30)18(26-22(31)33-23(2,3)4)13-15-7-9-16(27)10-8-15/h7-10,17-18,27H,6,11-14H2,1-5H3,(H,24,29)(H,25,30)(H,26,31). The summed E-state index contributed by atoms with van der Waals surface area (Å²) in [5.41, 5.74) is -0.0845. The van der Waals surface area contributed by atoms with E-state index < -0.39 is 41.6 Å². The van der Waals surface area contributed by atoms with Crippen molar-refractivity contribution in [1.29, 1.82) is 0 Å². The van der Waals surface area contributed by atoms with Crippen LogP contribution in [0.4, 0.5) is 4.79 Å². The number of alkyl carbamates (subject to hydrolysis) is 1. The molecule has 0 spiro atoms. The van der Waals surface area contributed by atoms with Crippen LogP contribution in [-0.4, -0.2) is 71.8 Å². The zero-order valence-corrected chi connectivity index (χ0v) is 21.1. The molecule has 3 amide bonds. The van der Waals surface area contributed by atoms with E-state index in [1.54, 1.807) is 39.8 Å². The molecule has 11 heteroatoms. The van der Waals surface area contributed by atoms with Gasteiger partial charge in [-0.2, -0.15) is 11.8 Å². The smallest absolute Gasteiger partial charge is 0.408 e. The van der Waals surface area contributed by atoms with Gasteiger partial charge in [-0.3, -0.25) is 14.4 Å². The van der Waals surface area contributed by atoms with E-state index in [4.69, 9.17) is 9.47 Å². The van der Waals surface area contributed by atoms with Gasteiger partial charge < -0.3 is 30.5 Å². The number of amides is 3. The van der Waals surface area contributed by atoms with Crippen LogP contribution in [0, 0.1) is 0 Å². The Kier molecular flexibility index (Phi) is 12.3. The number of rotatable bonds is 12. The van der Waals surface area contributed by atoms with Gasteiger partial charge in [0.2, 0.25) is 11.8 Å². The number of benzene rings is 1. The van der Waals surface area contributed by atoms with Crippen LogP contribution in [0.3, 0.4) is 0 Å². The van der Waals surface area contributed by atoms with Gasteiger partial charge in [-0.05, 0) is 63.8 Å². The van der Waals surface area contributed by atoms with E-state index in [-0.39, 0.29) is 25.3 Å². The Morgan fingerprint density at radius 1 is 1.03 bits per heavy atom. The minimum absolute atomic E-state index is 0.0697. The minimum atomic E-state index is -1.05. The Balaban J connectivity index is 2.98. The monoisotopic (exact) mass is 497 g/mol. The lowest BCUT2D eigenvalue weighted by atomic mass is 10.0. The van der Waals surface area contributed by atoms with Crippen molar-refractivity contribution in [3.63, 3.8) is 0 Å². The number of aromatic hydroxyl groups is 1. The fraction of sp³-hybridized carbons (Fsp3) is 0.565. The number of phenolic OH excluding ortho intramolecular Hbond substituents is 1. The molecule has 0 fully saturated rings. The maximum Gasteiger partial charge on any atom is 0.408 e. The number of thioether (sulfide) groups is 1. The first-order chi connectivity index (χ1) is 15.9. The summed E-state index contributed by atoms with van der Waals surface area (Å²) >= 11 is 1.50. The molecule has 0 saturated heterocycles. The zero-order valence-electron chi connectivity index (χ0n) is 20.3. The topological polar surface area (TPSA) is 143 Å². The Hall–Kier alpha value is -2.95. The van der Waals surface area contributed by atoms with Crippen molar-refractivity contribution in [2.24, 2.45) is 0 Å². The fourth-order valence-corrected chi connectivity index (χ4v) is 3.27. The van der Waals surface area contributed by atoms with Crippen molar-refractivity contribution in [3.05, 3.63) is 29.8 Å². The molecule has 0 aromatic heterocycles. The molecule has 0 heterocycles. The third-order valence-electron chi connectivity index (χ3n) is 4.34. The largest absolute Gasteiger partial charge is 0.508 e. The second-order valence-corrected chi connectivity index (χ2v) is 9.42. The van der Waals surface area contributed by atoms with Crippen molar-refractivity contribution < 1.29 is 33.8 Å². The maximum absolute atomic E-state index is 13.1. The molecular formula is C23H35N3O7S. The van der Waals surface area contributed by atoms with Crippen molar-refractivity contribution in [1.82, 2.24) is 16.0 Å². The highest BCUT2D eigenvalue weighted by atomic mass is 32.2. The van der Waals surface area contributed by atoms with Gasteiger partial charge in [0.1, 0.15) is 30.0 Å². The molecule has 1 aromatic rings. The van der Waals surface area contributed by atoms with Crippen molar-refractivity contribution in [2.75, 3.05) is 25.2 Å². The molecule has 0 aliphatic heterocycles. The minimum Gasteiger partial charge on any atom is -0.508 e. The molecule has 0 bridgehead atoms. The highest BCUT2D eigenvalue weighted by Crippen LogP contribution is 2.13. The Morgan fingerprint density at radius 3 is 2.24 bits per heavy atom. The molecule has 0 saturated carbocycles. The van der Waals surface area contributed by atoms with Gasteiger partial charge in [-0.1, -0.05) is 12.1 Å². The molecule has 0 aliphatic carbocycles. The Labute approximate surface area is 204 Å². The predicted octanol–water partition coefficient (Wildman–Crippen LogP) is 1.75. The van der Waals surface area contributed by atoms with E-state index in [1.807, 2.05) is 6.26 Å². The molecule has 190 valence electrons. The number of ether oxygens (including phenoxy) is 2. The number of carbonyl (C=O) groups is 4. The summed E-state index contributed by atoms with van der Waals surface area (Å²) in [5, 5.41) is 17.2. The summed E-state index contributed by atoms with van der Waals surface area (Å²) in [6.45, 7) is 6.64. The van der Waals surface area contributed by atoms with Crippen molar-refractivity contribution in [2.45, 2.75) is 58.2 Å². The van der Waals surface area contributed by atoms with Gasteiger partial charge >= 0.3 is 12.1 Å². The van der Waals surface area contributed by atoms with Gasteiger partial charge in [0.05, 0.1) is 6.61 Å². The molecule has 2 unspecified atom stereocenters. The molecule has 0 radical (unpaired) electrons. The number of phenols is 1. The SMILES string of the molecule is CCOC(=O)CNC(=O)C(CCSC)NC(=O)C(Cc1ccc(O)cc1)NC(=O)OC(C)(C)C. The first-order valence-corrected chi connectivity index (χ1v) is 12.3. The van der Waals surface area contributed by atoms with Crippen LogP contribution in [0.5, 0.6) is 5.75 Å². The lowest BCUT2D eigenvalue weighted by Crippen LogP contribution is -2.55. The van der Waals surface area contributed by atoms with Gasteiger partial charge in [-0.25, -0.2) is 4.79 Å². The second-order valence-electron chi connectivity index (χ2n) is 8.43. The van der Waals surface area contributed by atoms with Crippen LogP contribution in [0.25, 0.3) is 0 Å². The summed E-state index contributed by atoms with van der Waals surface area (Å²) < 4.78 is 10.1. The van der Waals surface area contributed by atoms with Crippen LogP contribution in [0.2, 0.25) is 0 Å². The number of nitrogens with one attached hydrogen (secondary N) is 3. The molecule has 0 aliphatic rings. The summed E-state index contributed by atoms with van der Waals surface area (Å²) in [6, 6.07) is 4.24. The van der Waals surface area contributed by atoms with Crippen LogP contribution in [0.1, 0.15) is 39.7 Å². The van der Waals surface area contributed by atoms with E-state index in [9.17, 15) is 24.3 Å². The Morgan fingerprint density at radius 2 is 1.68 bits per heavy atom. The van der Waals surface area contributed by atoms with E-state index in [0.29, 0.717) is 17.7 Å². The molecule has 2 atom stereocenters. The molecule has 1 aromatic carbocycles. The lowest BCUT2D eigenvalue weighted by molar-refractivity contribution is -0.143. The average molecular weight is 498 g/mol. The summed E-state index contributed by atoms with van der Waals surface area (Å²) in [7, 11) is 0. The van der Waals surface area contributed by atoms with Crippen LogP contribution in [0.15, 0.2) is 24.3 Å². The predicted molar refractivity (Wildman–Crippen MR) is 130 cm³/mol. The fourth-order valence-electron chi connectivity index (χ4n) is 2.80. The first-order valence-electron chi connectivity index (χ1n) is 10.9. The second kappa shape index (κ2) is 14.3. The molecule has 1 rings (SSSR count).